The first kappa shape index (κ1) is 13.8. The summed E-state index contributed by atoms with van der Waals surface area (Å²) < 4.78 is 0.675. The van der Waals surface area contributed by atoms with Crippen LogP contribution in [0.3, 0.4) is 0 Å². The number of thiophene rings is 1. The molecule has 1 amide bonds. The van der Waals surface area contributed by atoms with Crippen LogP contribution in [0.15, 0.2) is 16.4 Å². The second-order valence-corrected chi connectivity index (χ2v) is 7.28. The van der Waals surface area contributed by atoms with Crippen LogP contribution in [0.25, 0.3) is 6.08 Å². The maximum atomic E-state index is 12.2. The number of carbonyl (C=O) groups is 1. The summed E-state index contributed by atoms with van der Waals surface area (Å²) in [5.41, 5.74) is 1.20. The SMILES string of the molecule is Cc1ccsc1/C=C1/SC(=S)N(CC(C)C)C1=O. The smallest absolute Gasteiger partial charge is 0.266 e. The Hall–Kier alpha value is -0.650. The molecule has 1 saturated heterocycles. The van der Waals surface area contributed by atoms with E-state index in [2.05, 4.69) is 26.8 Å². The number of thiocarbonyl (C=S) groups is 1. The van der Waals surface area contributed by atoms with Gasteiger partial charge in [-0.25, -0.2) is 0 Å². The quantitative estimate of drug-likeness (QED) is 0.623. The molecule has 1 aromatic rings. The largest absolute Gasteiger partial charge is 0.293 e. The molecule has 1 aromatic heterocycles. The first-order valence-electron chi connectivity index (χ1n) is 5.78. The maximum Gasteiger partial charge on any atom is 0.266 e. The zero-order valence-corrected chi connectivity index (χ0v) is 13.0. The molecule has 1 fully saturated rings. The van der Waals surface area contributed by atoms with Gasteiger partial charge in [-0.1, -0.05) is 37.8 Å². The lowest BCUT2D eigenvalue weighted by molar-refractivity contribution is -0.122. The van der Waals surface area contributed by atoms with E-state index in [9.17, 15) is 4.79 Å². The number of amides is 1. The fourth-order valence-corrected chi connectivity index (χ4v) is 3.86. The third kappa shape index (κ3) is 2.84. The third-order valence-electron chi connectivity index (χ3n) is 2.59. The monoisotopic (exact) mass is 297 g/mol. The molecule has 96 valence electrons. The van der Waals surface area contributed by atoms with E-state index in [0.29, 0.717) is 16.8 Å². The first-order valence-corrected chi connectivity index (χ1v) is 7.89. The van der Waals surface area contributed by atoms with Gasteiger partial charge in [-0.2, -0.15) is 0 Å². The zero-order valence-electron chi connectivity index (χ0n) is 10.6. The van der Waals surface area contributed by atoms with Gasteiger partial charge in [0.2, 0.25) is 0 Å². The summed E-state index contributed by atoms with van der Waals surface area (Å²) in [5, 5.41) is 2.04. The highest BCUT2D eigenvalue weighted by atomic mass is 32.2. The van der Waals surface area contributed by atoms with Crippen LogP contribution in [0.1, 0.15) is 24.3 Å². The molecule has 18 heavy (non-hydrogen) atoms. The summed E-state index contributed by atoms with van der Waals surface area (Å²) in [4.78, 5) is 15.8. The second kappa shape index (κ2) is 5.55. The van der Waals surface area contributed by atoms with Crippen molar-refractivity contribution in [2.24, 2.45) is 5.92 Å². The van der Waals surface area contributed by atoms with Gasteiger partial charge in [0.05, 0.1) is 4.91 Å². The molecule has 2 rings (SSSR count). The van der Waals surface area contributed by atoms with Crippen molar-refractivity contribution in [1.82, 2.24) is 4.90 Å². The van der Waals surface area contributed by atoms with Gasteiger partial charge in [-0.3, -0.25) is 9.69 Å². The molecule has 0 radical (unpaired) electrons. The lowest BCUT2D eigenvalue weighted by Crippen LogP contribution is -2.31. The zero-order chi connectivity index (χ0) is 13.3. The number of rotatable bonds is 3. The second-order valence-electron chi connectivity index (χ2n) is 4.65. The van der Waals surface area contributed by atoms with Gasteiger partial charge in [-0.15, -0.1) is 11.3 Å². The molecule has 0 bridgehead atoms. The van der Waals surface area contributed by atoms with E-state index in [0.717, 1.165) is 9.78 Å². The van der Waals surface area contributed by atoms with E-state index in [1.165, 1.54) is 17.3 Å². The molecule has 0 unspecified atom stereocenters. The van der Waals surface area contributed by atoms with Crippen molar-refractivity contribution in [3.63, 3.8) is 0 Å². The van der Waals surface area contributed by atoms with Crippen molar-refractivity contribution < 1.29 is 4.79 Å². The standard InChI is InChI=1S/C13H15NOS3/c1-8(2)7-14-12(15)11(18-13(14)16)6-10-9(3)4-5-17-10/h4-6,8H,7H2,1-3H3/b11-6+. The van der Waals surface area contributed by atoms with Crippen LogP contribution in [-0.4, -0.2) is 21.7 Å². The lowest BCUT2D eigenvalue weighted by Gasteiger charge is -2.16. The van der Waals surface area contributed by atoms with Crippen molar-refractivity contribution in [2.75, 3.05) is 6.54 Å². The van der Waals surface area contributed by atoms with Crippen molar-refractivity contribution in [1.29, 1.82) is 0 Å². The van der Waals surface area contributed by atoms with Crippen molar-refractivity contribution >= 4 is 51.6 Å². The van der Waals surface area contributed by atoms with Crippen LogP contribution in [-0.2, 0) is 4.79 Å². The highest BCUT2D eigenvalue weighted by Gasteiger charge is 2.32. The number of hydrogen-bond donors (Lipinski definition) is 0. The predicted molar refractivity (Wildman–Crippen MR) is 83.8 cm³/mol. The van der Waals surface area contributed by atoms with Crippen molar-refractivity contribution in [3.05, 3.63) is 26.8 Å². The van der Waals surface area contributed by atoms with Crippen LogP contribution in [0.5, 0.6) is 0 Å². The lowest BCUT2D eigenvalue weighted by atomic mass is 10.2. The Balaban J connectivity index is 2.23. The highest BCUT2D eigenvalue weighted by molar-refractivity contribution is 8.26. The Kier molecular flexibility index (Phi) is 4.25. The predicted octanol–water partition coefficient (Wildman–Crippen LogP) is 3.91. The number of hydrogen-bond acceptors (Lipinski definition) is 4. The fourth-order valence-electron chi connectivity index (χ4n) is 1.67. The molecule has 2 heterocycles. The molecule has 1 aliphatic rings. The van der Waals surface area contributed by atoms with Gasteiger partial charge in [0.15, 0.2) is 0 Å². The Morgan fingerprint density at radius 3 is 2.78 bits per heavy atom. The van der Waals surface area contributed by atoms with Crippen LogP contribution in [0.4, 0.5) is 0 Å². The summed E-state index contributed by atoms with van der Waals surface area (Å²) in [7, 11) is 0. The number of thioether (sulfide) groups is 1. The van der Waals surface area contributed by atoms with Gasteiger partial charge in [0.1, 0.15) is 4.32 Å². The van der Waals surface area contributed by atoms with Gasteiger partial charge in [0.25, 0.3) is 5.91 Å². The van der Waals surface area contributed by atoms with Crippen LogP contribution in [0, 0.1) is 12.8 Å². The van der Waals surface area contributed by atoms with E-state index in [4.69, 9.17) is 12.2 Å². The molecule has 0 spiro atoms. The van der Waals surface area contributed by atoms with Gasteiger partial charge >= 0.3 is 0 Å². The van der Waals surface area contributed by atoms with Crippen LogP contribution < -0.4 is 0 Å². The summed E-state index contributed by atoms with van der Waals surface area (Å²) in [5.74, 6) is 0.474. The molecular formula is C13H15NOS3. The number of carbonyl (C=O) groups excluding carboxylic acids is 1. The van der Waals surface area contributed by atoms with Crippen LogP contribution in [0.2, 0.25) is 0 Å². The molecule has 0 N–H and O–H groups in total. The highest BCUT2D eigenvalue weighted by Crippen LogP contribution is 2.34. The van der Waals surface area contributed by atoms with Crippen molar-refractivity contribution in [2.45, 2.75) is 20.8 Å². The molecule has 0 atom stereocenters. The van der Waals surface area contributed by atoms with Crippen LogP contribution >= 0.6 is 35.3 Å². The molecule has 0 aromatic carbocycles. The van der Waals surface area contributed by atoms with Crippen molar-refractivity contribution in [3.8, 4) is 0 Å². The summed E-state index contributed by atoms with van der Waals surface area (Å²) in [6.45, 7) is 6.93. The Bertz CT molecular complexity index is 516. The minimum Gasteiger partial charge on any atom is -0.293 e. The fraction of sp³-hybridized carbons (Fsp3) is 0.385. The van der Waals surface area contributed by atoms with E-state index in [1.54, 1.807) is 16.2 Å². The molecule has 0 saturated carbocycles. The molecule has 1 aliphatic heterocycles. The Morgan fingerprint density at radius 1 is 1.50 bits per heavy atom. The average molecular weight is 297 g/mol. The van der Waals surface area contributed by atoms with E-state index in [-0.39, 0.29) is 5.91 Å². The van der Waals surface area contributed by atoms with Gasteiger partial charge < -0.3 is 0 Å². The van der Waals surface area contributed by atoms with Gasteiger partial charge in [-0.05, 0) is 35.9 Å². The topological polar surface area (TPSA) is 20.3 Å². The maximum absolute atomic E-state index is 12.2. The first-order chi connectivity index (χ1) is 8.49. The summed E-state index contributed by atoms with van der Waals surface area (Å²) >= 11 is 8.33. The minimum absolute atomic E-state index is 0.0477. The third-order valence-corrected chi connectivity index (χ3v) is 4.93. The van der Waals surface area contributed by atoms with E-state index in [1.807, 2.05) is 11.5 Å². The van der Waals surface area contributed by atoms with E-state index < -0.39 is 0 Å². The Labute approximate surface area is 121 Å². The minimum atomic E-state index is 0.0477. The summed E-state index contributed by atoms with van der Waals surface area (Å²) in [6, 6.07) is 2.06. The Morgan fingerprint density at radius 2 is 2.22 bits per heavy atom. The molecular weight excluding hydrogens is 282 g/mol. The number of aryl methyl sites for hydroxylation is 1. The van der Waals surface area contributed by atoms with E-state index >= 15 is 0 Å². The number of nitrogens with zero attached hydrogens (tertiary/aromatic N) is 1. The molecule has 0 aliphatic carbocycles. The molecule has 2 nitrogen and oxygen atoms in total. The molecule has 5 heteroatoms. The normalized spacial score (nSPS) is 18.4. The van der Waals surface area contributed by atoms with Gasteiger partial charge in [0, 0.05) is 11.4 Å². The average Bonchev–Trinajstić information content (AvgIpc) is 2.79. The summed E-state index contributed by atoms with van der Waals surface area (Å²) in [6.07, 6.45) is 1.96.